The van der Waals surface area contributed by atoms with Crippen molar-refractivity contribution in [1.29, 1.82) is 0 Å². The molecular weight excluding hydrogens is 220 g/mol. The van der Waals surface area contributed by atoms with E-state index in [0.29, 0.717) is 37.7 Å². The molecule has 4 nitrogen and oxygen atoms in total. The SMILES string of the molecule is C=C(C)C(=O)OC12CC3CC(O)(C1)CC3(O)C2. The lowest BCUT2D eigenvalue weighted by Crippen LogP contribution is -2.50. The molecule has 4 unspecified atom stereocenters. The van der Waals surface area contributed by atoms with Crippen LogP contribution in [0.25, 0.3) is 0 Å². The Hall–Kier alpha value is -0.870. The van der Waals surface area contributed by atoms with Crippen LogP contribution in [0.2, 0.25) is 0 Å². The molecule has 4 rings (SSSR count). The van der Waals surface area contributed by atoms with Crippen molar-refractivity contribution in [3.05, 3.63) is 12.2 Å². The summed E-state index contributed by atoms with van der Waals surface area (Å²) < 4.78 is 5.50. The van der Waals surface area contributed by atoms with E-state index >= 15 is 0 Å². The second-order valence-corrected chi connectivity index (χ2v) is 6.32. The van der Waals surface area contributed by atoms with Crippen LogP contribution in [0.1, 0.15) is 39.0 Å². The zero-order valence-electron chi connectivity index (χ0n) is 10.0. The van der Waals surface area contributed by atoms with E-state index in [1.165, 1.54) is 0 Å². The number of rotatable bonds is 2. The number of aliphatic hydroxyl groups is 2. The lowest BCUT2D eigenvalue weighted by Gasteiger charge is -2.43. The van der Waals surface area contributed by atoms with Crippen molar-refractivity contribution in [3.8, 4) is 0 Å². The van der Waals surface area contributed by atoms with E-state index in [-0.39, 0.29) is 5.92 Å². The molecule has 4 aliphatic carbocycles. The maximum atomic E-state index is 11.6. The molecule has 4 saturated carbocycles. The van der Waals surface area contributed by atoms with E-state index in [1.54, 1.807) is 6.92 Å². The Morgan fingerprint density at radius 2 is 2.00 bits per heavy atom. The van der Waals surface area contributed by atoms with Gasteiger partial charge in [0.15, 0.2) is 0 Å². The summed E-state index contributed by atoms with van der Waals surface area (Å²) in [5, 5.41) is 20.8. The van der Waals surface area contributed by atoms with Gasteiger partial charge in [-0.05, 0) is 25.7 Å². The zero-order chi connectivity index (χ0) is 12.5. The molecule has 0 aromatic carbocycles. The van der Waals surface area contributed by atoms with E-state index in [2.05, 4.69) is 6.58 Å². The Bertz CT molecular complexity index is 414. The highest BCUT2D eigenvalue weighted by Crippen LogP contribution is 2.64. The van der Waals surface area contributed by atoms with Gasteiger partial charge in [0.1, 0.15) is 5.60 Å². The van der Waals surface area contributed by atoms with E-state index in [0.717, 1.165) is 0 Å². The Morgan fingerprint density at radius 3 is 2.53 bits per heavy atom. The molecule has 2 N–H and O–H groups in total. The zero-order valence-corrected chi connectivity index (χ0v) is 10.0. The standard InChI is InChI=1S/C13H18O4/c1-8(2)10(14)17-12-4-9-3-11(15,5-12)6-13(9,16)7-12/h9,15-16H,1,3-7H2,2H3. The maximum Gasteiger partial charge on any atom is 0.333 e. The summed E-state index contributed by atoms with van der Waals surface area (Å²) in [6.07, 6.45) is 2.65. The van der Waals surface area contributed by atoms with Gasteiger partial charge in [0.2, 0.25) is 0 Å². The third-order valence-electron chi connectivity index (χ3n) is 4.58. The molecule has 0 saturated heterocycles. The van der Waals surface area contributed by atoms with Crippen molar-refractivity contribution >= 4 is 5.97 Å². The number of esters is 1. The van der Waals surface area contributed by atoms with E-state index < -0.39 is 22.8 Å². The van der Waals surface area contributed by atoms with Crippen molar-refractivity contribution in [2.24, 2.45) is 5.92 Å². The van der Waals surface area contributed by atoms with Crippen LogP contribution in [-0.2, 0) is 9.53 Å². The summed E-state index contributed by atoms with van der Waals surface area (Å²) in [5.74, 6) is -0.349. The van der Waals surface area contributed by atoms with Gasteiger partial charge in [0, 0.05) is 24.8 Å². The van der Waals surface area contributed by atoms with Crippen LogP contribution in [0.5, 0.6) is 0 Å². The summed E-state index contributed by atoms with van der Waals surface area (Å²) >= 11 is 0. The molecule has 0 radical (unpaired) electrons. The molecule has 0 aromatic heterocycles. The quantitative estimate of drug-likeness (QED) is 0.554. The maximum absolute atomic E-state index is 11.6. The van der Waals surface area contributed by atoms with Crippen LogP contribution in [0.15, 0.2) is 12.2 Å². The van der Waals surface area contributed by atoms with Gasteiger partial charge in [-0.3, -0.25) is 0 Å². The Kier molecular flexibility index (Phi) is 1.93. The van der Waals surface area contributed by atoms with Crippen LogP contribution in [0.3, 0.4) is 0 Å². The fraction of sp³-hybridized carbons (Fsp3) is 0.769. The molecule has 94 valence electrons. The smallest absolute Gasteiger partial charge is 0.333 e. The van der Waals surface area contributed by atoms with E-state index in [1.807, 2.05) is 0 Å². The van der Waals surface area contributed by atoms with E-state index in [4.69, 9.17) is 4.74 Å². The average Bonchev–Trinajstić information content (AvgIpc) is 2.42. The van der Waals surface area contributed by atoms with Crippen molar-refractivity contribution in [3.63, 3.8) is 0 Å². The van der Waals surface area contributed by atoms with Crippen molar-refractivity contribution in [2.75, 3.05) is 0 Å². The first-order valence-corrected chi connectivity index (χ1v) is 6.10. The monoisotopic (exact) mass is 238 g/mol. The highest BCUT2D eigenvalue weighted by molar-refractivity contribution is 5.87. The average molecular weight is 238 g/mol. The van der Waals surface area contributed by atoms with Gasteiger partial charge in [0.25, 0.3) is 0 Å². The summed E-state index contributed by atoms with van der Waals surface area (Å²) in [6, 6.07) is 0. The van der Waals surface area contributed by atoms with Gasteiger partial charge in [-0.25, -0.2) is 4.79 Å². The number of carbonyl (C=O) groups excluding carboxylic acids is 1. The fourth-order valence-corrected chi connectivity index (χ4v) is 4.25. The second-order valence-electron chi connectivity index (χ2n) is 6.32. The number of hydrogen-bond donors (Lipinski definition) is 2. The molecular formula is C13H18O4. The first-order chi connectivity index (χ1) is 7.76. The molecule has 4 heteroatoms. The number of carbonyl (C=O) groups is 1. The first-order valence-electron chi connectivity index (χ1n) is 6.10. The van der Waals surface area contributed by atoms with Gasteiger partial charge in [-0.2, -0.15) is 0 Å². The largest absolute Gasteiger partial charge is 0.455 e. The molecule has 4 atom stereocenters. The molecule has 0 aromatic rings. The molecule has 0 aliphatic heterocycles. The minimum absolute atomic E-state index is 0.0687. The van der Waals surface area contributed by atoms with Gasteiger partial charge >= 0.3 is 5.97 Å². The van der Waals surface area contributed by atoms with Crippen LogP contribution in [-0.4, -0.2) is 33.0 Å². The van der Waals surface area contributed by atoms with Crippen LogP contribution < -0.4 is 0 Å². The van der Waals surface area contributed by atoms with Crippen LogP contribution >= 0.6 is 0 Å². The summed E-state index contributed by atoms with van der Waals surface area (Å²) in [5.41, 5.74) is -1.98. The highest BCUT2D eigenvalue weighted by Gasteiger charge is 2.70. The number of ether oxygens (including phenoxy) is 1. The van der Waals surface area contributed by atoms with Crippen LogP contribution in [0, 0.1) is 5.92 Å². The van der Waals surface area contributed by atoms with Gasteiger partial charge in [0.05, 0.1) is 11.2 Å². The van der Waals surface area contributed by atoms with E-state index in [9.17, 15) is 15.0 Å². The fourth-order valence-electron chi connectivity index (χ4n) is 4.25. The van der Waals surface area contributed by atoms with Crippen molar-refractivity contribution in [2.45, 2.75) is 55.8 Å². The first kappa shape index (κ1) is 11.2. The molecule has 4 bridgehead atoms. The topological polar surface area (TPSA) is 66.8 Å². The summed E-state index contributed by atoms with van der Waals surface area (Å²) in [6.45, 7) is 5.17. The lowest BCUT2D eigenvalue weighted by molar-refractivity contribution is -0.175. The summed E-state index contributed by atoms with van der Waals surface area (Å²) in [4.78, 5) is 11.6. The highest BCUT2D eigenvalue weighted by atomic mass is 16.6. The minimum atomic E-state index is -0.842. The van der Waals surface area contributed by atoms with Crippen molar-refractivity contribution in [1.82, 2.24) is 0 Å². The van der Waals surface area contributed by atoms with Gasteiger partial charge in [-0.1, -0.05) is 6.58 Å². The lowest BCUT2D eigenvalue weighted by atomic mass is 9.74. The second kappa shape index (κ2) is 2.93. The molecule has 4 aliphatic rings. The molecule has 4 fully saturated rings. The van der Waals surface area contributed by atoms with Gasteiger partial charge in [-0.15, -0.1) is 0 Å². The van der Waals surface area contributed by atoms with Crippen LogP contribution in [0.4, 0.5) is 0 Å². The van der Waals surface area contributed by atoms with Gasteiger partial charge < -0.3 is 14.9 Å². The van der Waals surface area contributed by atoms with Crippen molar-refractivity contribution < 1.29 is 19.7 Å². The normalized spacial score (nSPS) is 50.6. The minimum Gasteiger partial charge on any atom is -0.455 e. The summed E-state index contributed by atoms with van der Waals surface area (Å²) in [7, 11) is 0. The molecule has 0 spiro atoms. The number of hydrogen-bond acceptors (Lipinski definition) is 4. The molecule has 17 heavy (non-hydrogen) atoms. The Balaban J connectivity index is 1.87. The third kappa shape index (κ3) is 1.47. The molecule has 0 amide bonds. The Morgan fingerprint density at radius 1 is 1.29 bits per heavy atom. The molecule has 0 heterocycles. The Labute approximate surface area is 100 Å². The predicted octanol–water partition coefficient (Wildman–Crippen LogP) is 0.914. The third-order valence-corrected chi connectivity index (χ3v) is 4.58. The predicted molar refractivity (Wildman–Crippen MR) is 60.1 cm³/mol.